The number of aliphatic hydroxyl groups is 1. The zero-order valence-corrected chi connectivity index (χ0v) is 20.7. The van der Waals surface area contributed by atoms with E-state index in [1.54, 1.807) is 32.2 Å². The molecule has 0 aliphatic carbocycles. The lowest BCUT2D eigenvalue weighted by Gasteiger charge is -2.20. The van der Waals surface area contributed by atoms with Crippen LogP contribution in [0.5, 0.6) is 0 Å². The quantitative estimate of drug-likeness (QED) is 0.416. The van der Waals surface area contributed by atoms with E-state index in [1.165, 1.54) is 10.3 Å². The molecule has 2 heterocycles. The van der Waals surface area contributed by atoms with Crippen LogP contribution in [0.3, 0.4) is 0 Å². The van der Waals surface area contributed by atoms with Gasteiger partial charge in [0, 0.05) is 28.2 Å². The first kappa shape index (κ1) is 23.7. The van der Waals surface area contributed by atoms with Crippen molar-refractivity contribution < 1.29 is 13.5 Å². The van der Waals surface area contributed by atoms with Gasteiger partial charge in [-0.3, -0.25) is 0 Å². The Balaban J connectivity index is 1.69. The molecule has 7 nitrogen and oxygen atoms in total. The molecule has 0 saturated carbocycles. The molecule has 4 rings (SSSR count). The zero-order chi connectivity index (χ0) is 24.7. The lowest BCUT2D eigenvalue weighted by Crippen LogP contribution is -2.23. The Kier molecular flexibility index (Phi) is 6.11. The highest BCUT2D eigenvalue weighted by Crippen LogP contribution is 2.28. The van der Waals surface area contributed by atoms with Crippen molar-refractivity contribution >= 4 is 43.3 Å². The summed E-state index contributed by atoms with van der Waals surface area (Å²) in [5.41, 5.74) is 2.58. The first-order valence-corrected chi connectivity index (χ1v) is 12.5. The van der Waals surface area contributed by atoms with Crippen molar-refractivity contribution in [1.29, 1.82) is 0 Å². The lowest BCUT2D eigenvalue weighted by molar-refractivity contribution is 0.114. The number of hydrogen-bond acceptors (Lipinski definition) is 6. The van der Waals surface area contributed by atoms with Crippen LogP contribution >= 0.6 is 0 Å². The van der Waals surface area contributed by atoms with Crippen LogP contribution in [0, 0.1) is 17.3 Å². The Morgan fingerprint density at radius 3 is 2.53 bits per heavy atom. The third kappa shape index (κ3) is 4.63. The Morgan fingerprint density at radius 2 is 1.82 bits per heavy atom. The zero-order valence-electron chi connectivity index (χ0n) is 19.9. The molecule has 0 amide bonds. The molecule has 1 atom stereocenters. The van der Waals surface area contributed by atoms with Crippen LogP contribution in [0.1, 0.15) is 40.2 Å². The molecular weight excluding hydrogens is 448 g/mol. The molecule has 0 spiro atoms. The van der Waals surface area contributed by atoms with E-state index in [0.29, 0.717) is 11.3 Å². The van der Waals surface area contributed by atoms with Crippen molar-refractivity contribution in [3.8, 4) is 11.8 Å². The van der Waals surface area contributed by atoms with Crippen molar-refractivity contribution in [2.45, 2.75) is 46.0 Å². The minimum atomic E-state index is -3.44. The van der Waals surface area contributed by atoms with E-state index >= 15 is 0 Å². The predicted octanol–water partition coefficient (Wildman–Crippen LogP) is 4.67. The summed E-state index contributed by atoms with van der Waals surface area (Å²) >= 11 is 0. The Bertz CT molecular complexity index is 1540. The van der Waals surface area contributed by atoms with Gasteiger partial charge in [0.15, 0.2) is 0 Å². The molecule has 0 aliphatic heterocycles. The monoisotopic (exact) mass is 476 g/mol. The molecule has 0 saturated heterocycles. The molecule has 4 aromatic rings. The third-order valence-electron chi connectivity index (χ3n) is 5.60. The van der Waals surface area contributed by atoms with Gasteiger partial charge in [0.1, 0.15) is 18.2 Å². The fourth-order valence-corrected chi connectivity index (χ4v) is 4.51. The standard InChI is InChI=1S/C26H28N4O3S/c1-17(2)34(32,33)30-13-12-19-15-20(8-10-23(19)30)29-25-21-14-18(6-9-22(21)27-16-28-25)7-11-24(31)26(3,4)5/h6,8-10,12-17,24,31H,1-5H3,(H,27,28,29). The van der Waals surface area contributed by atoms with Gasteiger partial charge in [0.05, 0.1) is 16.3 Å². The number of fused-ring (bicyclic) bond motifs is 2. The van der Waals surface area contributed by atoms with Gasteiger partial charge in [-0.2, -0.15) is 0 Å². The maximum atomic E-state index is 12.6. The van der Waals surface area contributed by atoms with Crippen molar-refractivity contribution in [3.63, 3.8) is 0 Å². The van der Waals surface area contributed by atoms with Gasteiger partial charge in [-0.1, -0.05) is 32.6 Å². The van der Waals surface area contributed by atoms with Crippen molar-refractivity contribution in [2.75, 3.05) is 5.32 Å². The number of benzene rings is 2. The number of rotatable bonds is 4. The van der Waals surface area contributed by atoms with Crippen LogP contribution in [0.4, 0.5) is 11.5 Å². The second-order valence-corrected chi connectivity index (χ2v) is 12.0. The topological polar surface area (TPSA) is 97.1 Å². The normalized spacial score (nSPS) is 13.1. The first-order chi connectivity index (χ1) is 16.0. The maximum Gasteiger partial charge on any atom is 0.241 e. The Hall–Kier alpha value is -3.41. The average molecular weight is 477 g/mol. The highest BCUT2D eigenvalue weighted by atomic mass is 32.2. The average Bonchev–Trinajstić information content (AvgIpc) is 3.21. The molecule has 34 heavy (non-hydrogen) atoms. The van der Waals surface area contributed by atoms with Gasteiger partial charge in [-0.25, -0.2) is 22.4 Å². The van der Waals surface area contributed by atoms with E-state index in [0.717, 1.165) is 27.5 Å². The molecule has 2 aromatic carbocycles. The second-order valence-electron chi connectivity index (χ2n) is 9.60. The molecule has 2 aromatic heterocycles. The first-order valence-electron chi connectivity index (χ1n) is 11.0. The summed E-state index contributed by atoms with van der Waals surface area (Å²) in [5.74, 6) is 6.56. The van der Waals surface area contributed by atoms with Crippen LogP contribution in [0.25, 0.3) is 21.8 Å². The van der Waals surface area contributed by atoms with E-state index < -0.39 is 21.4 Å². The third-order valence-corrected chi connectivity index (χ3v) is 7.65. The van der Waals surface area contributed by atoms with Crippen LogP contribution in [-0.4, -0.2) is 38.8 Å². The van der Waals surface area contributed by atoms with Gasteiger partial charge >= 0.3 is 0 Å². The smallest absolute Gasteiger partial charge is 0.241 e. The Morgan fingerprint density at radius 1 is 1.06 bits per heavy atom. The summed E-state index contributed by atoms with van der Waals surface area (Å²) in [7, 11) is -3.44. The maximum absolute atomic E-state index is 12.6. The van der Waals surface area contributed by atoms with Crippen LogP contribution in [-0.2, 0) is 10.0 Å². The van der Waals surface area contributed by atoms with Crippen molar-refractivity contribution in [2.24, 2.45) is 5.41 Å². The predicted molar refractivity (Wildman–Crippen MR) is 137 cm³/mol. The summed E-state index contributed by atoms with van der Waals surface area (Å²) in [6.45, 7) is 9.14. The highest BCUT2D eigenvalue weighted by Gasteiger charge is 2.21. The van der Waals surface area contributed by atoms with E-state index in [4.69, 9.17) is 0 Å². The largest absolute Gasteiger partial charge is 0.380 e. The molecule has 176 valence electrons. The van der Waals surface area contributed by atoms with Crippen molar-refractivity contribution in [1.82, 2.24) is 13.9 Å². The fraction of sp³-hybridized carbons (Fsp3) is 0.308. The molecule has 1 unspecified atom stereocenters. The number of aliphatic hydroxyl groups excluding tert-OH is 1. The minimum Gasteiger partial charge on any atom is -0.380 e. The summed E-state index contributed by atoms with van der Waals surface area (Å²) in [4.78, 5) is 8.74. The fourth-order valence-electron chi connectivity index (χ4n) is 3.38. The molecular formula is C26H28N4O3S. The van der Waals surface area contributed by atoms with Gasteiger partial charge in [-0.05, 0) is 61.7 Å². The van der Waals surface area contributed by atoms with E-state index in [2.05, 4.69) is 27.1 Å². The SMILES string of the molecule is CC(C)S(=O)(=O)n1ccc2cc(Nc3ncnc4ccc(C#CC(O)C(C)(C)C)cc34)ccc21. The number of anilines is 2. The number of hydrogen-bond donors (Lipinski definition) is 2. The second kappa shape index (κ2) is 8.75. The van der Waals surface area contributed by atoms with E-state index in [1.807, 2.05) is 51.1 Å². The van der Waals surface area contributed by atoms with E-state index in [9.17, 15) is 13.5 Å². The number of aromatic nitrogens is 3. The van der Waals surface area contributed by atoms with Crippen LogP contribution < -0.4 is 5.32 Å². The summed E-state index contributed by atoms with van der Waals surface area (Å²) < 4.78 is 26.6. The molecule has 0 bridgehead atoms. The van der Waals surface area contributed by atoms with Gasteiger partial charge in [0.25, 0.3) is 0 Å². The number of nitrogens with one attached hydrogen (secondary N) is 1. The van der Waals surface area contributed by atoms with Crippen LogP contribution in [0.15, 0.2) is 55.0 Å². The molecule has 8 heteroatoms. The Labute approximate surface area is 199 Å². The van der Waals surface area contributed by atoms with E-state index in [-0.39, 0.29) is 5.41 Å². The molecule has 0 radical (unpaired) electrons. The molecule has 2 N–H and O–H groups in total. The number of nitrogens with zero attached hydrogens (tertiary/aromatic N) is 3. The van der Waals surface area contributed by atoms with Crippen molar-refractivity contribution in [3.05, 3.63) is 60.6 Å². The molecule has 0 fully saturated rings. The minimum absolute atomic E-state index is 0.328. The molecule has 0 aliphatic rings. The van der Waals surface area contributed by atoms with Gasteiger partial charge in [0.2, 0.25) is 10.0 Å². The summed E-state index contributed by atoms with van der Waals surface area (Å²) in [6, 6.07) is 12.9. The highest BCUT2D eigenvalue weighted by molar-refractivity contribution is 7.90. The lowest BCUT2D eigenvalue weighted by atomic mass is 9.89. The van der Waals surface area contributed by atoms with Gasteiger partial charge < -0.3 is 10.4 Å². The summed E-state index contributed by atoms with van der Waals surface area (Å²) in [6.07, 6.45) is 2.33. The summed E-state index contributed by atoms with van der Waals surface area (Å²) in [5, 5.41) is 14.6. The van der Waals surface area contributed by atoms with Crippen LogP contribution in [0.2, 0.25) is 0 Å². The van der Waals surface area contributed by atoms with Gasteiger partial charge in [-0.15, -0.1) is 0 Å².